The number of carbonyl (C=O) groups is 3. The van der Waals surface area contributed by atoms with Gasteiger partial charge in [-0.2, -0.15) is 0 Å². The Morgan fingerprint density at radius 2 is 1.82 bits per heavy atom. The summed E-state index contributed by atoms with van der Waals surface area (Å²) >= 11 is 1.59. The van der Waals surface area contributed by atoms with Crippen molar-refractivity contribution in [1.29, 1.82) is 0 Å². The molecule has 3 fully saturated rings. The second kappa shape index (κ2) is 16.5. The van der Waals surface area contributed by atoms with Gasteiger partial charge in [-0.05, 0) is 55.0 Å². The number of hydrogen-bond acceptors (Lipinski definition) is 13. The second-order valence-corrected chi connectivity index (χ2v) is 18.3. The number of aliphatic hydroxyl groups excluding tert-OH is 1. The number of thiazole rings is 1. The topological polar surface area (TPSA) is 190 Å². The number of aliphatic hydroxyl groups is 1. The van der Waals surface area contributed by atoms with Crippen LogP contribution in [-0.2, 0) is 27.3 Å². The predicted octanol–water partition coefficient (Wildman–Crippen LogP) is 5.14. The highest BCUT2D eigenvalue weighted by Crippen LogP contribution is 2.41. The molecule has 1 unspecified atom stereocenters. The fourth-order valence-corrected chi connectivity index (χ4v) is 10.2. The van der Waals surface area contributed by atoms with Gasteiger partial charge in [0.2, 0.25) is 17.7 Å². The monoisotopic (exact) mass is 845 g/mol. The van der Waals surface area contributed by atoms with E-state index in [-0.39, 0.29) is 66.2 Å². The minimum absolute atomic E-state index is 0.0398. The maximum absolute atomic E-state index is 13.9. The Balaban J connectivity index is 0.757. The highest BCUT2D eigenvalue weighted by Gasteiger charge is 2.50. The summed E-state index contributed by atoms with van der Waals surface area (Å²) in [5.74, 6) is 1.50. The lowest BCUT2D eigenvalue weighted by molar-refractivity contribution is -0.143. The van der Waals surface area contributed by atoms with Gasteiger partial charge in [-0.25, -0.2) is 4.98 Å². The summed E-state index contributed by atoms with van der Waals surface area (Å²) in [6.07, 6.45) is 1.62. The number of likely N-dealkylation sites (tertiary alicyclic amines) is 2. The van der Waals surface area contributed by atoms with Gasteiger partial charge < -0.3 is 40.1 Å². The average Bonchev–Trinajstić information content (AvgIpc) is 4.07. The minimum atomic E-state index is -0.787. The van der Waals surface area contributed by atoms with Crippen LogP contribution in [0.2, 0.25) is 0 Å². The quantitative estimate of drug-likeness (QED) is 0.137. The molecule has 4 N–H and O–H groups in total. The maximum Gasteiger partial charge on any atom is 0.243 e. The number of nitrogens with zero attached hydrogens (tertiary/aromatic N) is 7. The van der Waals surface area contributed by atoms with Gasteiger partial charge >= 0.3 is 0 Å². The van der Waals surface area contributed by atoms with E-state index in [4.69, 9.17) is 4.52 Å². The lowest BCUT2D eigenvalue weighted by Crippen LogP contribution is -2.68. The third kappa shape index (κ3) is 8.18. The van der Waals surface area contributed by atoms with Crippen molar-refractivity contribution < 1.29 is 29.1 Å². The molecule has 3 amide bonds. The van der Waals surface area contributed by atoms with Crippen molar-refractivity contribution in [3.8, 4) is 27.4 Å². The van der Waals surface area contributed by atoms with Crippen LogP contribution >= 0.6 is 11.3 Å². The number of phenols is 1. The van der Waals surface area contributed by atoms with Gasteiger partial charge in [0, 0.05) is 87.6 Å². The predicted molar refractivity (Wildman–Crippen MR) is 230 cm³/mol. The summed E-state index contributed by atoms with van der Waals surface area (Å²) in [5, 5.41) is 40.5. The Hall–Kier alpha value is -5.87. The summed E-state index contributed by atoms with van der Waals surface area (Å²) in [5.41, 5.74) is 6.85. The molecule has 0 bridgehead atoms. The highest BCUT2D eigenvalue weighted by atomic mass is 32.1. The van der Waals surface area contributed by atoms with Crippen LogP contribution in [0.25, 0.3) is 21.7 Å². The molecule has 9 rings (SSSR count). The smallest absolute Gasteiger partial charge is 0.243 e. The molecular formula is C45H51N9O6S. The Labute approximate surface area is 358 Å². The Morgan fingerprint density at radius 1 is 1.05 bits per heavy atom. The second-order valence-electron chi connectivity index (χ2n) is 17.4. The van der Waals surface area contributed by atoms with Crippen LogP contribution in [0.1, 0.15) is 68.0 Å². The maximum atomic E-state index is 13.9. The summed E-state index contributed by atoms with van der Waals surface area (Å²) in [4.78, 5) is 52.0. The normalized spacial score (nSPS) is 20.1. The molecule has 16 heteroatoms. The van der Waals surface area contributed by atoms with Crippen molar-refractivity contribution in [2.75, 3.05) is 42.9 Å². The number of anilines is 2. The number of hydrogen-bond donors (Lipinski definition) is 4. The summed E-state index contributed by atoms with van der Waals surface area (Å²) in [7, 11) is 0. The minimum Gasteiger partial charge on any atom is -0.507 e. The zero-order valence-electron chi connectivity index (χ0n) is 34.6. The van der Waals surface area contributed by atoms with Crippen molar-refractivity contribution in [2.24, 2.45) is 11.8 Å². The molecule has 5 aromatic rings. The number of nitrogens with one attached hydrogen (secondary N) is 2. The van der Waals surface area contributed by atoms with Crippen LogP contribution in [0.5, 0.6) is 5.75 Å². The fraction of sp³-hybridized carbons (Fsp3) is 0.444. The molecule has 0 radical (unpaired) electrons. The molecule has 3 aromatic heterocycles. The Morgan fingerprint density at radius 3 is 2.54 bits per heavy atom. The van der Waals surface area contributed by atoms with Crippen molar-refractivity contribution in [1.82, 2.24) is 35.5 Å². The van der Waals surface area contributed by atoms with Crippen LogP contribution in [0, 0.1) is 18.8 Å². The number of para-hydroxylation sites is 1. The number of phenolic OH excluding ortho intramolecular Hbond substituents is 1. The van der Waals surface area contributed by atoms with Crippen LogP contribution in [0.4, 0.5) is 11.6 Å². The van der Waals surface area contributed by atoms with Gasteiger partial charge in [0.25, 0.3) is 0 Å². The van der Waals surface area contributed by atoms with E-state index in [0.29, 0.717) is 68.4 Å². The first-order valence-electron chi connectivity index (χ1n) is 21.1. The van der Waals surface area contributed by atoms with Crippen LogP contribution < -0.4 is 15.5 Å². The van der Waals surface area contributed by atoms with E-state index in [0.717, 1.165) is 39.5 Å². The highest BCUT2D eigenvalue weighted by molar-refractivity contribution is 7.13. The molecule has 3 atom stereocenters. The molecule has 15 nitrogen and oxygen atoms in total. The molecule has 0 saturated carbocycles. The summed E-state index contributed by atoms with van der Waals surface area (Å²) < 4.78 is 5.89. The van der Waals surface area contributed by atoms with E-state index in [9.17, 15) is 24.6 Å². The SMILES string of the molecule is Cc1ncsc1-c1ccc(CNC(=O)[C@@H]2C[C@@H](O)CN2C(=O)CC(c2cc(N3CCC(C(=O)N4CC5(Cc6cc(-c7ccccc7O)nnc6N5)C4)CC3)no2)C(C)C)cc1. The van der Waals surface area contributed by atoms with Gasteiger partial charge in [0.15, 0.2) is 11.6 Å². The summed E-state index contributed by atoms with van der Waals surface area (Å²) in [6, 6.07) is 18.2. The van der Waals surface area contributed by atoms with Crippen molar-refractivity contribution >= 4 is 40.7 Å². The van der Waals surface area contributed by atoms with Crippen LogP contribution in [0.3, 0.4) is 0 Å². The molecule has 318 valence electrons. The van der Waals surface area contributed by atoms with Crippen LogP contribution in [0.15, 0.2) is 70.7 Å². The van der Waals surface area contributed by atoms with Gasteiger partial charge in [-0.1, -0.05) is 55.4 Å². The molecular weight excluding hydrogens is 795 g/mol. The summed E-state index contributed by atoms with van der Waals surface area (Å²) in [6.45, 7) is 8.95. The van der Waals surface area contributed by atoms with Gasteiger partial charge in [0.05, 0.1) is 33.4 Å². The van der Waals surface area contributed by atoms with E-state index in [1.165, 1.54) is 4.90 Å². The third-order valence-corrected chi connectivity index (χ3v) is 13.8. The first-order valence-corrected chi connectivity index (χ1v) is 22.0. The first kappa shape index (κ1) is 40.5. The van der Waals surface area contributed by atoms with E-state index in [1.807, 2.05) is 79.7 Å². The standard InChI is InChI=1S/C45H51N9O6S/c1-26(2)34(18-40(57)54-22-32(55)17-36(54)43(58)46-21-28-8-10-29(11-9-28)41-27(3)47-25-61-41)38-19-39(51-60-38)52-14-12-30(13-15-52)44(59)53-23-45(24-53)20-31-16-35(49-50-42(31)48-45)33-6-4-5-7-37(33)56/h4-11,16,19,25-26,30,32,34,36,55-56H,12-15,17-18,20-24H2,1-3H3,(H,46,58)(H,48,50)/t32-,34?,36+/m1/s1. The number of β-amino-alcohol motifs (C(OH)–C–C–N with tert-alkyl or cyclic N) is 1. The third-order valence-electron chi connectivity index (χ3n) is 12.8. The van der Waals surface area contributed by atoms with Gasteiger partial charge in [-0.15, -0.1) is 21.5 Å². The molecule has 1 spiro atoms. The number of carbonyl (C=O) groups excluding carboxylic acids is 3. The number of rotatable bonds is 11. The number of aryl methyl sites for hydroxylation is 1. The zero-order valence-corrected chi connectivity index (χ0v) is 35.4. The number of aromatic nitrogens is 4. The number of benzene rings is 2. The number of amides is 3. The molecule has 0 aliphatic carbocycles. The molecule has 3 saturated heterocycles. The van der Waals surface area contributed by atoms with E-state index in [1.54, 1.807) is 23.5 Å². The zero-order chi connectivity index (χ0) is 42.4. The van der Waals surface area contributed by atoms with Crippen molar-refractivity contribution in [3.63, 3.8) is 0 Å². The average molecular weight is 846 g/mol. The van der Waals surface area contributed by atoms with Gasteiger partial charge in [0.1, 0.15) is 17.6 Å². The molecule has 61 heavy (non-hydrogen) atoms. The molecule has 4 aliphatic rings. The molecule has 7 heterocycles. The first-order chi connectivity index (χ1) is 29.4. The fourth-order valence-electron chi connectivity index (χ4n) is 9.37. The van der Waals surface area contributed by atoms with E-state index in [2.05, 4.69) is 35.9 Å². The van der Waals surface area contributed by atoms with Crippen molar-refractivity contribution in [2.45, 2.75) is 83.0 Å². The number of fused-ring (bicyclic) bond motifs is 1. The lowest BCUT2D eigenvalue weighted by Gasteiger charge is -2.49. The Bertz CT molecular complexity index is 2420. The lowest BCUT2D eigenvalue weighted by atomic mass is 9.84. The van der Waals surface area contributed by atoms with Crippen molar-refractivity contribution in [3.05, 3.63) is 88.8 Å². The largest absolute Gasteiger partial charge is 0.507 e. The van der Waals surface area contributed by atoms with E-state index < -0.39 is 12.1 Å². The molecule has 2 aromatic carbocycles. The van der Waals surface area contributed by atoms with Gasteiger partial charge in [-0.3, -0.25) is 14.4 Å². The molecule has 4 aliphatic heterocycles. The van der Waals surface area contributed by atoms with Crippen LogP contribution in [-0.4, -0.2) is 108 Å². The Kier molecular flexibility index (Phi) is 11.0. The number of aromatic hydroxyl groups is 1. The number of piperidine rings is 1. The van der Waals surface area contributed by atoms with E-state index >= 15 is 0 Å².